The number of hydrogen-bond acceptors (Lipinski definition) is 5. The van der Waals surface area contributed by atoms with Gasteiger partial charge in [-0.3, -0.25) is 15.0 Å². The van der Waals surface area contributed by atoms with Gasteiger partial charge in [0.05, 0.1) is 11.9 Å². The van der Waals surface area contributed by atoms with Crippen molar-refractivity contribution in [2.45, 2.75) is 18.9 Å². The van der Waals surface area contributed by atoms with Crippen LogP contribution in [-0.2, 0) is 7.05 Å². The molecular weight excluding hydrogens is 354 g/mol. The normalized spacial score (nSPS) is 15.7. The third kappa shape index (κ3) is 3.82. The van der Waals surface area contributed by atoms with E-state index in [0.717, 1.165) is 48.0 Å². The third-order valence-electron chi connectivity index (χ3n) is 5.40. The van der Waals surface area contributed by atoms with Gasteiger partial charge in [0.25, 0.3) is 0 Å². The third-order valence-corrected chi connectivity index (χ3v) is 5.40. The maximum Gasteiger partial charge on any atom is 0.323 e. The molecule has 3 aromatic rings. The molecule has 0 radical (unpaired) electrons. The lowest BCUT2D eigenvalue weighted by molar-refractivity contribution is 0.156. The van der Waals surface area contributed by atoms with Gasteiger partial charge in [0.1, 0.15) is 5.82 Å². The number of fused-ring (bicyclic) bond motifs is 1. The molecule has 0 bridgehead atoms. The highest BCUT2D eigenvalue weighted by Gasteiger charge is 2.24. The maximum atomic E-state index is 12.7. The van der Waals surface area contributed by atoms with Gasteiger partial charge in [0.2, 0.25) is 0 Å². The van der Waals surface area contributed by atoms with Crippen LogP contribution in [0.3, 0.4) is 0 Å². The summed E-state index contributed by atoms with van der Waals surface area (Å²) in [5.41, 5.74) is 1.79. The molecule has 4 heterocycles. The topological polar surface area (TPSA) is 79.2 Å². The number of piperidine rings is 1. The molecule has 0 aromatic carbocycles. The largest absolute Gasteiger partial charge is 0.324 e. The molecule has 8 nitrogen and oxygen atoms in total. The molecule has 1 fully saturated rings. The lowest BCUT2D eigenvalue weighted by Gasteiger charge is -2.34. The summed E-state index contributed by atoms with van der Waals surface area (Å²) in [5.74, 6) is 0.542. The van der Waals surface area contributed by atoms with Gasteiger partial charge in [0.15, 0.2) is 0 Å². The predicted molar refractivity (Wildman–Crippen MR) is 109 cm³/mol. The van der Waals surface area contributed by atoms with E-state index in [1.54, 1.807) is 28.2 Å². The quantitative estimate of drug-likeness (QED) is 0.757. The molecule has 0 spiro atoms. The van der Waals surface area contributed by atoms with E-state index in [2.05, 4.69) is 32.3 Å². The average molecular weight is 379 g/mol. The van der Waals surface area contributed by atoms with E-state index < -0.39 is 0 Å². The van der Waals surface area contributed by atoms with Crippen molar-refractivity contribution in [3.8, 4) is 11.3 Å². The van der Waals surface area contributed by atoms with E-state index in [4.69, 9.17) is 0 Å². The molecule has 0 saturated carbocycles. The first-order valence-corrected chi connectivity index (χ1v) is 9.47. The van der Waals surface area contributed by atoms with Crippen molar-refractivity contribution in [1.29, 1.82) is 0 Å². The number of amides is 2. The number of anilines is 1. The number of urea groups is 1. The number of nitrogens with zero attached hydrogens (tertiary/aromatic N) is 6. The highest BCUT2D eigenvalue weighted by atomic mass is 16.2. The Morgan fingerprint density at radius 2 is 1.86 bits per heavy atom. The number of nitrogens with one attached hydrogen (secondary N) is 1. The fraction of sp³-hybridized carbons (Fsp3) is 0.400. The van der Waals surface area contributed by atoms with Crippen molar-refractivity contribution < 1.29 is 4.79 Å². The van der Waals surface area contributed by atoms with Gasteiger partial charge in [-0.1, -0.05) is 0 Å². The van der Waals surface area contributed by atoms with E-state index >= 15 is 0 Å². The highest BCUT2D eigenvalue weighted by molar-refractivity contribution is 5.92. The number of pyridine rings is 2. The Labute approximate surface area is 164 Å². The smallest absolute Gasteiger partial charge is 0.323 e. The minimum atomic E-state index is -0.122. The van der Waals surface area contributed by atoms with Crippen LogP contribution in [0.25, 0.3) is 22.0 Å². The summed E-state index contributed by atoms with van der Waals surface area (Å²) in [5, 5.41) is 9.03. The predicted octanol–water partition coefficient (Wildman–Crippen LogP) is 2.59. The van der Waals surface area contributed by atoms with Crippen LogP contribution in [0.1, 0.15) is 12.8 Å². The van der Waals surface area contributed by atoms with Crippen LogP contribution in [0.15, 0.2) is 36.9 Å². The molecule has 146 valence electrons. The molecule has 4 rings (SSSR count). The first-order chi connectivity index (χ1) is 13.5. The van der Waals surface area contributed by atoms with Gasteiger partial charge < -0.3 is 9.80 Å². The SMILES string of the molecule is CN1CCC(N(C)C(=O)Nc2cc3cc(-c4cnn(C)c4)ncc3cn2)CC1. The van der Waals surface area contributed by atoms with E-state index in [1.807, 2.05) is 32.4 Å². The van der Waals surface area contributed by atoms with Gasteiger partial charge >= 0.3 is 6.03 Å². The molecule has 2 amide bonds. The monoisotopic (exact) mass is 379 g/mol. The fourth-order valence-electron chi connectivity index (χ4n) is 3.56. The Kier molecular flexibility index (Phi) is 4.95. The fourth-order valence-corrected chi connectivity index (χ4v) is 3.56. The second-order valence-electron chi connectivity index (χ2n) is 7.46. The molecule has 3 aromatic heterocycles. The molecular formula is C20H25N7O. The number of carbonyl (C=O) groups is 1. The Hall–Kier alpha value is -3.00. The van der Waals surface area contributed by atoms with Gasteiger partial charge in [-0.25, -0.2) is 9.78 Å². The summed E-state index contributed by atoms with van der Waals surface area (Å²) in [7, 11) is 5.85. The second-order valence-corrected chi connectivity index (χ2v) is 7.46. The van der Waals surface area contributed by atoms with Crippen molar-refractivity contribution in [1.82, 2.24) is 29.5 Å². The Morgan fingerprint density at radius 1 is 1.11 bits per heavy atom. The zero-order valence-corrected chi connectivity index (χ0v) is 16.5. The summed E-state index contributed by atoms with van der Waals surface area (Å²) in [6.45, 7) is 2.03. The van der Waals surface area contributed by atoms with Gasteiger partial charge in [-0.05, 0) is 50.5 Å². The minimum Gasteiger partial charge on any atom is -0.324 e. The Bertz CT molecular complexity index is 991. The van der Waals surface area contributed by atoms with Crippen molar-refractivity contribution >= 4 is 22.6 Å². The average Bonchev–Trinajstić information content (AvgIpc) is 3.14. The van der Waals surface area contributed by atoms with Crippen LogP contribution < -0.4 is 5.32 Å². The maximum absolute atomic E-state index is 12.7. The molecule has 8 heteroatoms. The summed E-state index contributed by atoms with van der Waals surface area (Å²) in [6.07, 6.45) is 9.22. The first-order valence-electron chi connectivity index (χ1n) is 9.47. The van der Waals surface area contributed by atoms with Gasteiger partial charge in [-0.15, -0.1) is 0 Å². The molecule has 1 saturated heterocycles. The van der Waals surface area contributed by atoms with Crippen LogP contribution in [0.4, 0.5) is 10.6 Å². The van der Waals surface area contributed by atoms with E-state index in [1.165, 1.54) is 0 Å². The van der Waals surface area contributed by atoms with Crippen LogP contribution in [-0.4, -0.2) is 68.8 Å². The van der Waals surface area contributed by atoms with Crippen molar-refractivity contribution in [2.75, 3.05) is 32.5 Å². The first kappa shape index (κ1) is 18.4. The highest BCUT2D eigenvalue weighted by Crippen LogP contribution is 2.23. The number of hydrogen-bond donors (Lipinski definition) is 1. The summed E-state index contributed by atoms with van der Waals surface area (Å²) in [6, 6.07) is 4.02. The summed E-state index contributed by atoms with van der Waals surface area (Å²) >= 11 is 0. The van der Waals surface area contributed by atoms with Crippen LogP contribution in [0.2, 0.25) is 0 Å². The molecule has 0 unspecified atom stereocenters. The van der Waals surface area contributed by atoms with Crippen molar-refractivity contribution in [3.05, 3.63) is 36.9 Å². The van der Waals surface area contributed by atoms with Crippen molar-refractivity contribution in [3.63, 3.8) is 0 Å². The van der Waals surface area contributed by atoms with Crippen LogP contribution >= 0.6 is 0 Å². The molecule has 1 N–H and O–H groups in total. The lowest BCUT2D eigenvalue weighted by Crippen LogP contribution is -2.46. The molecule has 1 aliphatic rings. The van der Waals surface area contributed by atoms with Crippen LogP contribution in [0, 0.1) is 0 Å². The van der Waals surface area contributed by atoms with Crippen molar-refractivity contribution in [2.24, 2.45) is 7.05 Å². The molecule has 0 atom stereocenters. The number of aryl methyl sites for hydroxylation is 1. The van der Waals surface area contributed by atoms with E-state index in [0.29, 0.717) is 5.82 Å². The lowest BCUT2D eigenvalue weighted by atomic mass is 10.0. The summed E-state index contributed by atoms with van der Waals surface area (Å²) < 4.78 is 1.75. The van der Waals surface area contributed by atoms with E-state index in [9.17, 15) is 4.79 Å². The zero-order chi connectivity index (χ0) is 19.7. The number of rotatable bonds is 3. The Balaban J connectivity index is 1.51. The van der Waals surface area contributed by atoms with Gasteiger partial charge in [0, 0.05) is 49.7 Å². The second kappa shape index (κ2) is 7.55. The Morgan fingerprint density at radius 3 is 2.57 bits per heavy atom. The number of aromatic nitrogens is 4. The number of likely N-dealkylation sites (tertiary alicyclic amines) is 1. The minimum absolute atomic E-state index is 0.122. The summed E-state index contributed by atoms with van der Waals surface area (Å²) in [4.78, 5) is 25.6. The molecule has 1 aliphatic heterocycles. The zero-order valence-electron chi connectivity index (χ0n) is 16.5. The van der Waals surface area contributed by atoms with Gasteiger partial charge in [-0.2, -0.15) is 5.10 Å². The number of carbonyl (C=O) groups excluding carboxylic acids is 1. The van der Waals surface area contributed by atoms with E-state index in [-0.39, 0.29) is 12.1 Å². The van der Waals surface area contributed by atoms with Crippen LogP contribution in [0.5, 0.6) is 0 Å². The molecule has 28 heavy (non-hydrogen) atoms. The standard InChI is InChI=1S/C20H25N7O/c1-25-6-4-17(5-7-25)27(3)20(28)24-19-9-14-8-18(16-12-23-26(2)13-16)21-10-15(14)11-22-19/h8-13,17H,4-7H2,1-3H3,(H,22,24,28). The molecule has 0 aliphatic carbocycles.